The molecule has 3 aliphatic rings. The molecular weight excluding hydrogens is 611 g/mol. The minimum Gasteiger partial charge on any atom is -0.507 e. The van der Waals surface area contributed by atoms with E-state index in [4.69, 9.17) is 29.8 Å². The quantitative estimate of drug-likeness (QED) is 0.219. The number of nitrogens with two attached hydrogens (primary N) is 1. The number of aliphatic hydroxyl groups is 2. The number of hydrogen-bond acceptors (Lipinski definition) is 12. The number of aliphatic hydroxyl groups excluding tert-OH is 2. The Labute approximate surface area is 252 Å². The molecule has 1 fully saturated rings. The van der Waals surface area contributed by atoms with Crippen LogP contribution in [0.25, 0.3) is 6.08 Å². The van der Waals surface area contributed by atoms with E-state index in [1.807, 2.05) is 0 Å². The van der Waals surface area contributed by atoms with Crippen molar-refractivity contribution in [1.29, 1.82) is 0 Å². The Balaban J connectivity index is 0.000000591. The molecule has 0 bridgehead atoms. The number of phenols is 2. The molecule has 7 N–H and O–H groups in total. The fraction of sp³-hybridized carbons (Fsp3) is 0.379. The van der Waals surface area contributed by atoms with Gasteiger partial charge >= 0.3 is 12.1 Å². The first-order valence-corrected chi connectivity index (χ1v) is 13.3. The zero-order valence-corrected chi connectivity index (χ0v) is 23.6. The molecule has 5 rings (SSSR count). The summed E-state index contributed by atoms with van der Waals surface area (Å²) in [5.74, 6) is -5.91. The predicted molar refractivity (Wildman–Crippen MR) is 145 cm³/mol. The van der Waals surface area contributed by atoms with Crippen LogP contribution in [-0.4, -0.2) is 93.3 Å². The lowest BCUT2D eigenvalue weighted by Crippen LogP contribution is -2.51. The highest BCUT2D eigenvalue weighted by Crippen LogP contribution is 2.51. The molecule has 45 heavy (non-hydrogen) atoms. The van der Waals surface area contributed by atoms with Crippen molar-refractivity contribution >= 4 is 29.4 Å². The van der Waals surface area contributed by atoms with E-state index in [1.165, 1.54) is 31.4 Å². The summed E-state index contributed by atoms with van der Waals surface area (Å²) in [6.07, 6.45) is -7.55. The minimum absolute atomic E-state index is 0.00659. The summed E-state index contributed by atoms with van der Waals surface area (Å²) >= 11 is 0. The van der Waals surface area contributed by atoms with E-state index in [-0.39, 0.29) is 46.4 Å². The molecule has 0 saturated carbocycles. The highest BCUT2D eigenvalue weighted by atomic mass is 19.4. The number of ketones is 3. The van der Waals surface area contributed by atoms with E-state index in [9.17, 15) is 48.0 Å². The molecule has 2 aromatic rings. The monoisotopic (exact) mass is 639 g/mol. The summed E-state index contributed by atoms with van der Waals surface area (Å²) in [4.78, 5) is 48.4. The number of aromatic hydroxyl groups is 2. The highest BCUT2D eigenvalue weighted by Gasteiger charge is 2.43. The average Bonchev–Trinajstić information content (AvgIpc) is 2.98. The number of hydrogen-bond donors (Lipinski definition) is 6. The van der Waals surface area contributed by atoms with E-state index in [2.05, 4.69) is 0 Å². The summed E-state index contributed by atoms with van der Waals surface area (Å²) in [5.41, 5.74) is 5.10. The third kappa shape index (κ3) is 6.14. The second kappa shape index (κ2) is 12.6. The standard InChI is InChI=1S/C27H27NO10.C2HF3O2/c1-10-23(31)14(28)8-18(37-10)38-17-7-11(15(30)9-29)6-13-20(17)27(35)22-21(25(13)33)24(32)12-4-3-5-16(36-2)19(12)26(22)34;3-2(4,5)1(6)7/h3-6,10,14,17-18,23,29,31,33,35H,7-9,28H2,1-2H3;(H,6,7)/t10-,14-,17-,18-,23+;/m0./s1. The van der Waals surface area contributed by atoms with Gasteiger partial charge in [-0.15, -0.1) is 0 Å². The van der Waals surface area contributed by atoms with Crippen molar-refractivity contribution in [3.05, 3.63) is 57.2 Å². The molecule has 0 aromatic heterocycles. The van der Waals surface area contributed by atoms with Gasteiger partial charge in [-0.2, -0.15) is 13.2 Å². The number of carboxylic acids is 1. The Morgan fingerprint density at radius 1 is 1.09 bits per heavy atom. The number of benzene rings is 2. The van der Waals surface area contributed by atoms with E-state index in [1.54, 1.807) is 6.92 Å². The van der Waals surface area contributed by atoms with Gasteiger partial charge in [0.1, 0.15) is 23.9 Å². The Hall–Kier alpha value is -4.35. The van der Waals surface area contributed by atoms with Crippen molar-refractivity contribution < 1.29 is 72.1 Å². The summed E-state index contributed by atoms with van der Waals surface area (Å²) in [6.45, 7) is 0.800. The van der Waals surface area contributed by atoms with Crippen molar-refractivity contribution in [3.63, 3.8) is 0 Å². The van der Waals surface area contributed by atoms with Crippen LogP contribution < -0.4 is 10.5 Å². The van der Waals surface area contributed by atoms with E-state index in [0.29, 0.717) is 0 Å². The summed E-state index contributed by atoms with van der Waals surface area (Å²) < 4.78 is 48.8. The van der Waals surface area contributed by atoms with Gasteiger partial charge in [0.05, 0.1) is 42.1 Å². The molecule has 0 unspecified atom stereocenters. The van der Waals surface area contributed by atoms with E-state index >= 15 is 0 Å². The number of ether oxygens (including phenoxy) is 3. The number of fused-ring (bicyclic) bond motifs is 3. The van der Waals surface area contributed by atoms with Gasteiger partial charge in [-0.25, -0.2) is 4.79 Å². The molecule has 2 aliphatic carbocycles. The van der Waals surface area contributed by atoms with Crippen molar-refractivity contribution in [2.75, 3.05) is 13.7 Å². The molecule has 13 nitrogen and oxygen atoms in total. The van der Waals surface area contributed by atoms with Crippen LogP contribution in [0, 0.1) is 0 Å². The van der Waals surface area contributed by atoms with Gasteiger partial charge in [0.2, 0.25) is 5.78 Å². The second-order valence-electron chi connectivity index (χ2n) is 10.4. The Morgan fingerprint density at radius 2 is 1.71 bits per heavy atom. The number of halogens is 3. The van der Waals surface area contributed by atoms with Crippen molar-refractivity contribution in [1.82, 2.24) is 0 Å². The van der Waals surface area contributed by atoms with Gasteiger partial charge in [0, 0.05) is 41.1 Å². The fourth-order valence-corrected chi connectivity index (χ4v) is 5.36. The van der Waals surface area contributed by atoms with Crippen LogP contribution in [0.2, 0.25) is 0 Å². The number of carboxylic acid groups (broad SMARTS) is 1. The Bertz CT molecular complexity index is 1590. The Morgan fingerprint density at radius 3 is 2.27 bits per heavy atom. The number of phenolic OH excluding ortho intramolecular Hbond substituents is 2. The largest absolute Gasteiger partial charge is 0.507 e. The minimum atomic E-state index is -5.08. The van der Waals surface area contributed by atoms with Gasteiger partial charge in [-0.1, -0.05) is 12.1 Å². The van der Waals surface area contributed by atoms with Crippen LogP contribution in [0.1, 0.15) is 68.8 Å². The van der Waals surface area contributed by atoms with Gasteiger partial charge in [0.25, 0.3) is 0 Å². The number of alkyl halides is 3. The lowest BCUT2D eigenvalue weighted by molar-refractivity contribution is -0.240. The number of carbonyl (C=O) groups excluding carboxylic acids is 3. The second-order valence-corrected chi connectivity index (χ2v) is 10.4. The molecule has 0 amide bonds. The van der Waals surface area contributed by atoms with Crippen LogP contribution >= 0.6 is 0 Å². The molecule has 0 spiro atoms. The molecule has 1 aliphatic heterocycles. The maximum absolute atomic E-state index is 13.6. The average molecular weight is 640 g/mol. The summed E-state index contributed by atoms with van der Waals surface area (Å²) in [7, 11) is 1.34. The molecule has 16 heteroatoms. The Kier molecular flexibility index (Phi) is 9.37. The first kappa shape index (κ1) is 33.5. The van der Waals surface area contributed by atoms with Gasteiger partial charge < -0.3 is 45.5 Å². The van der Waals surface area contributed by atoms with Crippen LogP contribution in [0.4, 0.5) is 13.2 Å². The van der Waals surface area contributed by atoms with Crippen LogP contribution in [0.3, 0.4) is 0 Å². The SMILES string of the molecule is COc1cccc2c1C(=O)c1c(O)c3c(c(O)c1C2=O)C=C(C(=O)CO)C[C@@H]3O[C@H]1C[C@H](N)[C@H](O)[C@H](C)O1.O=C(O)C(F)(F)F. The summed E-state index contributed by atoms with van der Waals surface area (Å²) in [5, 5.41) is 49.4. The zero-order valence-electron chi connectivity index (χ0n) is 23.6. The molecule has 1 saturated heterocycles. The maximum Gasteiger partial charge on any atom is 0.490 e. The molecule has 2 aromatic carbocycles. The van der Waals surface area contributed by atoms with Crippen molar-refractivity contribution in [2.45, 2.75) is 56.6 Å². The van der Waals surface area contributed by atoms with Crippen molar-refractivity contribution in [3.8, 4) is 17.2 Å². The smallest absolute Gasteiger partial charge is 0.490 e. The molecular formula is C29H28F3NO12. The third-order valence-electron chi connectivity index (χ3n) is 7.55. The van der Waals surface area contributed by atoms with Crippen LogP contribution in [-0.2, 0) is 19.1 Å². The lowest BCUT2D eigenvalue weighted by Gasteiger charge is -2.38. The van der Waals surface area contributed by atoms with Crippen molar-refractivity contribution in [2.24, 2.45) is 5.73 Å². The van der Waals surface area contributed by atoms with E-state index < -0.39 is 89.4 Å². The third-order valence-corrected chi connectivity index (χ3v) is 7.55. The first-order chi connectivity index (χ1) is 21.0. The molecule has 0 radical (unpaired) electrons. The molecule has 5 atom stereocenters. The number of methoxy groups -OCH3 is 1. The fourth-order valence-electron chi connectivity index (χ4n) is 5.36. The topological polar surface area (TPSA) is 223 Å². The van der Waals surface area contributed by atoms with Crippen LogP contribution in [0.5, 0.6) is 17.2 Å². The van der Waals surface area contributed by atoms with Gasteiger partial charge in [-0.3, -0.25) is 14.4 Å². The zero-order chi connectivity index (χ0) is 33.5. The lowest BCUT2D eigenvalue weighted by atomic mass is 9.77. The van der Waals surface area contributed by atoms with Crippen LogP contribution in [0.15, 0.2) is 23.8 Å². The maximum atomic E-state index is 13.6. The number of rotatable bonds is 5. The number of Topliss-reactive ketones (excluding diaryl/α,β-unsaturated/α-hetero) is 1. The highest BCUT2D eigenvalue weighted by molar-refractivity contribution is 6.31. The predicted octanol–water partition coefficient (Wildman–Crippen LogP) is 1.74. The molecule has 242 valence electrons. The van der Waals surface area contributed by atoms with E-state index in [0.717, 1.165) is 0 Å². The summed E-state index contributed by atoms with van der Waals surface area (Å²) in [6, 6.07) is 3.77. The van der Waals surface area contributed by atoms with Gasteiger partial charge in [0.15, 0.2) is 17.9 Å². The molecule has 1 heterocycles. The van der Waals surface area contributed by atoms with Gasteiger partial charge in [-0.05, 0) is 19.1 Å². The normalized spacial score (nSPS) is 23.9. The number of aliphatic carboxylic acids is 1. The number of carbonyl (C=O) groups is 4. The first-order valence-electron chi connectivity index (χ1n) is 13.3.